The lowest BCUT2D eigenvalue weighted by Gasteiger charge is -2.08. The first kappa shape index (κ1) is 18.7. The molecule has 0 atom stereocenters. The van der Waals surface area contributed by atoms with E-state index < -0.39 is 0 Å². The number of hydrogen-bond donors (Lipinski definition) is 1. The number of rotatable bonds is 5. The quantitative estimate of drug-likeness (QED) is 0.634. The zero-order chi connectivity index (χ0) is 19.4. The number of carbonyl (C=O) groups excluding carboxylic acids is 2. The molecule has 0 radical (unpaired) electrons. The van der Waals surface area contributed by atoms with Crippen molar-refractivity contribution in [3.8, 4) is 11.3 Å². The lowest BCUT2D eigenvalue weighted by atomic mass is 10.1. The molecular formula is C20H16BrN3O3. The van der Waals surface area contributed by atoms with Gasteiger partial charge in [0.15, 0.2) is 5.78 Å². The Morgan fingerprint density at radius 1 is 1.00 bits per heavy atom. The second-order valence-corrected chi connectivity index (χ2v) is 6.82. The second kappa shape index (κ2) is 8.09. The van der Waals surface area contributed by atoms with Gasteiger partial charge in [0.2, 0.25) is 5.91 Å². The number of carbonyl (C=O) groups is 2. The minimum Gasteiger partial charge on any atom is -0.326 e. The molecule has 2 aromatic carbocycles. The summed E-state index contributed by atoms with van der Waals surface area (Å²) >= 11 is 3.38. The number of nitrogens with zero attached hydrogens (tertiary/aromatic N) is 2. The zero-order valence-corrected chi connectivity index (χ0v) is 16.1. The van der Waals surface area contributed by atoms with E-state index in [0.717, 1.165) is 14.7 Å². The predicted molar refractivity (Wildman–Crippen MR) is 107 cm³/mol. The van der Waals surface area contributed by atoms with Gasteiger partial charge in [-0.3, -0.25) is 14.4 Å². The van der Waals surface area contributed by atoms with E-state index in [1.807, 2.05) is 24.3 Å². The lowest BCUT2D eigenvalue weighted by molar-refractivity contribution is -0.114. The SMILES string of the molecule is CC(=O)Nc1ccc(C(=O)Cn2nc(-c3ccc(Br)cc3)ccc2=O)cc1. The Hall–Kier alpha value is -3.06. The number of anilines is 1. The van der Waals surface area contributed by atoms with Crippen LogP contribution in [0.25, 0.3) is 11.3 Å². The zero-order valence-electron chi connectivity index (χ0n) is 14.5. The molecule has 0 spiro atoms. The lowest BCUT2D eigenvalue weighted by Crippen LogP contribution is -2.26. The van der Waals surface area contributed by atoms with Crippen LogP contribution >= 0.6 is 15.9 Å². The maximum atomic E-state index is 12.5. The molecule has 0 aliphatic carbocycles. The van der Waals surface area contributed by atoms with E-state index in [9.17, 15) is 14.4 Å². The fourth-order valence-electron chi connectivity index (χ4n) is 2.51. The van der Waals surface area contributed by atoms with E-state index >= 15 is 0 Å². The van der Waals surface area contributed by atoms with E-state index in [-0.39, 0.29) is 23.8 Å². The van der Waals surface area contributed by atoms with Gasteiger partial charge in [0.25, 0.3) is 5.56 Å². The highest BCUT2D eigenvalue weighted by molar-refractivity contribution is 9.10. The molecule has 1 heterocycles. The molecule has 1 N–H and O–H groups in total. The normalized spacial score (nSPS) is 10.4. The molecule has 7 heteroatoms. The van der Waals surface area contributed by atoms with Gasteiger partial charge in [-0.25, -0.2) is 4.68 Å². The maximum absolute atomic E-state index is 12.5. The fourth-order valence-corrected chi connectivity index (χ4v) is 2.77. The van der Waals surface area contributed by atoms with E-state index in [4.69, 9.17) is 0 Å². The third-order valence-electron chi connectivity index (χ3n) is 3.83. The molecule has 6 nitrogen and oxygen atoms in total. The summed E-state index contributed by atoms with van der Waals surface area (Å²) in [6.07, 6.45) is 0. The first-order valence-electron chi connectivity index (χ1n) is 8.17. The molecule has 27 heavy (non-hydrogen) atoms. The van der Waals surface area contributed by atoms with Crippen LogP contribution in [0.5, 0.6) is 0 Å². The van der Waals surface area contributed by atoms with Gasteiger partial charge < -0.3 is 5.32 Å². The van der Waals surface area contributed by atoms with Crippen LogP contribution in [0.15, 0.2) is 69.9 Å². The molecular weight excluding hydrogens is 410 g/mol. The van der Waals surface area contributed by atoms with Gasteiger partial charge in [0, 0.05) is 34.3 Å². The van der Waals surface area contributed by atoms with Crippen LogP contribution in [0.2, 0.25) is 0 Å². The number of nitrogens with one attached hydrogen (secondary N) is 1. The van der Waals surface area contributed by atoms with E-state index in [1.54, 1.807) is 30.3 Å². The Morgan fingerprint density at radius 2 is 1.67 bits per heavy atom. The molecule has 0 fully saturated rings. The third-order valence-corrected chi connectivity index (χ3v) is 4.36. The summed E-state index contributed by atoms with van der Waals surface area (Å²) in [5, 5.41) is 6.94. The number of ketones is 1. The Labute approximate surface area is 164 Å². The van der Waals surface area contributed by atoms with E-state index in [0.29, 0.717) is 16.9 Å². The van der Waals surface area contributed by atoms with Crippen molar-refractivity contribution < 1.29 is 9.59 Å². The van der Waals surface area contributed by atoms with Crippen molar-refractivity contribution in [2.24, 2.45) is 0 Å². The Morgan fingerprint density at radius 3 is 2.30 bits per heavy atom. The largest absolute Gasteiger partial charge is 0.326 e. The van der Waals surface area contributed by atoms with Crippen molar-refractivity contribution in [1.82, 2.24) is 9.78 Å². The number of amides is 1. The van der Waals surface area contributed by atoms with E-state index in [2.05, 4.69) is 26.3 Å². The minimum atomic E-state index is -0.348. The second-order valence-electron chi connectivity index (χ2n) is 5.90. The van der Waals surface area contributed by atoms with Crippen molar-refractivity contribution in [3.63, 3.8) is 0 Å². The summed E-state index contributed by atoms with van der Waals surface area (Å²) in [6, 6.07) is 17.1. The Kier molecular flexibility index (Phi) is 5.61. The molecule has 0 aliphatic heterocycles. The average Bonchev–Trinajstić information content (AvgIpc) is 2.64. The van der Waals surface area contributed by atoms with Crippen LogP contribution in [0.4, 0.5) is 5.69 Å². The average molecular weight is 426 g/mol. The number of halogens is 1. The monoisotopic (exact) mass is 425 g/mol. The van der Waals surface area contributed by atoms with Crippen LogP contribution in [0, 0.1) is 0 Å². The summed E-state index contributed by atoms with van der Waals surface area (Å²) < 4.78 is 2.10. The summed E-state index contributed by atoms with van der Waals surface area (Å²) in [5.41, 5.74) is 2.15. The third kappa shape index (κ3) is 4.77. The molecule has 0 bridgehead atoms. The van der Waals surface area contributed by atoms with Gasteiger partial charge in [0.1, 0.15) is 6.54 Å². The van der Waals surface area contributed by atoms with Crippen LogP contribution in [-0.2, 0) is 11.3 Å². The van der Waals surface area contributed by atoms with Crippen molar-refractivity contribution in [1.29, 1.82) is 0 Å². The summed E-state index contributed by atoms with van der Waals surface area (Å²) in [5.74, 6) is -0.429. The minimum absolute atomic E-state index is 0.164. The predicted octanol–water partition coefficient (Wildman–Crippen LogP) is 3.51. The topological polar surface area (TPSA) is 81.1 Å². The van der Waals surface area contributed by atoms with Crippen LogP contribution < -0.4 is 10.9 Å². The van der Waals surface area contributed by atoms with Gasteiger partial charge in [-0.2, -0.15) is 5.10 Å². The van der Waals surface area contributed by atoms with Crippen LogP contribution in [0.1, 0.15) is 17.3 Å². The number of benzene rings is 2. The standard InChI is InChI=1S/C20H16BrN3O3/c1-13(25)22-17-8-4-15(5-9-17)19(26)12-24-20(27)11-10-18(23-24)14-2-6-16(21)7-3-14/h2-11H,12H2,1H3,(H,22,25). The highest BCUT2D eigenvalue weighted by atomic mass is 79.9. The van der Waals surface area contributed by atoms with Crippen molar-refractivity contribution in [2.75, 3.05) is 5.32 Å². The molecule has 136 valence electrons. The van der Waals surface area contributed by atoms with Crippen molar-refractivity contribution in [2.45, 2.75) is 13.5 Å². The molecule has 0 aliphatic rings. The maximum Gasteiger partial charge on any atom is 0.267 e. The van der Waals surface area contributed by atoms with Crippen molar-refractivity contribution in [3.05, 3.63) is 81.1 Å². The molecule has 3 aromatic rings. The summed E-state index contributed by atoms with van der Waals surface area (Å²) in [7, 11) is 0. The summed E-state index contributed by atoms with van der Waals surface area (Å²) in [6.45, 7) is 1.25. The van der Waals surface area contributed by atoms with Gasteiger partial charge in [-0.1, -0.05) is 28.1 Å². The van der Waals surface area contributed by atoms with Crippen LogP contribution in [-0.4, -0.2) is 21.5 Å². The molecule has 1 amide bonds. The summed E-state index contributed by atoms with van der Waals surface area (Å²) in [4.78, 5) is 35.6. The number of aromatic nitrogens is 2. The van der Waals surface area contributed by atoms with Crippen LogP contribution in [0.3, 0.4) is 0 Å². The van der Waals surface area contributed by atoms with Gasteiger partial charge in [-0.05, 0) is 42.5 Å². The molecule has 0 saturated heterocycles. The Bertz CT molecular complexity index is 1040. The fraction of sp³-hybridized carbons (Fsp3) is 0.100. The highest BCUT2D eigenvalue weighted by Gasteiger charge is 2.11. The smallest absolute Gasteiger partial charge is 0.267 e. The van der Waals surface area contributed by atoms with Crippen molar-refractivity contribution >= 4 is 33.3 Å². The molecule has 3 rings (SSSR count). The first-order valence-corrected chi connectivity index (χ1v) is 8.96. The van der Waals surface area contributed by atoms with Gasteiger partial charge in [0.05, 0.1) is 5.69 Å². The first-order chi connectivity index (χ1) is 12.9. The van der Waals surface area contributed by atoms with Gasteiger partial charge >= 0.3 is 0 Å². The number of Topliss-reactive ketones (excluding diaryl/α,β-unsaturated/α-hetero) is 1. The number of hydrogen-bond acceptors (Lipinski definition) is 4. The molecule has 1 aromatic heterocycles. The molecule has 0 unspecified atom stereocenters. The Balaban J connectivity index is 1.81. The van der Waals surface area contributed by atoms with Gasteiger partial charge in [-0.15, -0.1) is 0 Å². The highest BCUT2D eigenvalue weighted by Crippen LogP contribution is 2.19. The molecule has 0 saturated carbocycles. The van der Waals surface area contributed by atoms with E-state index in [1.165, 1.54) is 13.0 Å².